The van der Waals surface area contributed by atoms with E-state index in [1.54, 1.807) is 0 Å². The van der Waals surface area contributed by atoms with E-state index in [2.05, 4.69) is 4.74 Å². The second kappa shape index (κ2) is 11.7. The van der Waals surface area contributed by atoms with Gasteiger partial charge in [-0.3, -0.25) is 9.69 Å². The summed E-state index contributed by atoms with van der Waals surface area (Å²) in [5.41, 5.74) is -6.78. The van der Waals surface area contributed by atoms with Crippen molar-refractivity contribution in [3.05, 3.63) is 0 Å². The fourth-order valence-electron chi connectivity index (χ4n) is 2.73. The average Bonchev–Trinajstić information content (AvgIpc) is 2.80. The van der Waals surface area contributed by atoms with Gasteiger partial charge in [0.25, 0.3) is 20.0 Å². The Balaban J connectivity index is 3.06. The summed E-state index contributed by atoms with van der Waals surface area (Å²) in [6.07, 6.45) is -6.80. The summed E-state index contributed by atoms with van der Waals surface area (Å²) >= 11 is 0. The van der Waals surface area contributed by atoms with Crippen molar-refractivity contribution in [3.63, 3.8) is 0 Å². The second-order valence-corrected chi connectivity index (χ2v) is 13.9. The summed E-state index contributed by atoms with van der Waals surface area (Å²) in [7, 11) is -22.7. The molecular weight excluding hydrogens is 738 g/mol. The number of nitrogens with zero attached hydrogens (tertiary/aromatic N) is 2. The maximum absolute atomic E-state index is 14.3. The quantitative estimate of drug-likeness (QED) is 0.234. The molecule has 0 amide bonds. The number of rotatable bonds is 12. The average molecular weight is 751 g/mol. The highest BCUT2D eigenvalue weighted by molar-refractivity contribution is 8.05. The Morgan fingerprint density at radius 3 is 1.45 bits per heavy atom. The van der Waals surface area contributed by atoms with Crippen molar-refractivity contribution in [2.75, 3.05) is 39.3 Å². The van der Waals surface area contributed by atoms with Gasteiger partial charge in [0.15, 0.2) is 6.61 Å². The van der Waals surface area contributed by atoms with Gasteiger partial charge in [-0.15, -0.1) is 0 Å². The summed E-state index contributed by atoms with van der Waals surface area (Å²) in [6, 6.07) is 0. The van der Waals surface area contributed by atoms with Crippen LogP contribution in [-0.4, -0.2) is 120 Å². The number of sulfonamides is 3. The zero-order valence-corrected chi connectivity index (χ0v) is 22.6. The first-order valence-electron chi connectivity index (χ1n) is 10.2. The number of halogens is 16. The molecule has 1 heterocycles. The molecule has 1 fully saturated rings. The van der Waals surface area contributed by atoms with Crippen LogP contribution in [0.15, 0.2) is 0 Å². The molecule has 0 bridgehead atoms. The molecule has 0 aliphatic carbocycles. The first-order valence-corrected chi connectivity index (χ1v) is 14.6. The molecule has 1 saturated heterocycles. The number of piperazine rings is 1. The highest BCUT2D eigenvalue weighted by atomic mass is 32.3. The Morgan fingerprint density at radius 2 is 1.07 bits per heavy atom. The molecule has 11 nitrogen and oxygen atoms in total. The molecule has 0 saturated carbocycles. The van der Waals surface area contributed by atoms with E-state index in [-0.39, 0.29) is 0 Å². The van der Waals surface area contributed by atoms with E-state index in [4.69, 9.17) is 0 Å². The molecule has 30 heteroatoms. The number of nitrogens with one attached hydrogen (secondary N) is 1. The number of alkyl halides is 16. The van der Waals surface area contributed by atoms with Crippen LogP contribution in [0.4, 0.5) is 70.2 Å². The fourth-order valence-corrected chi connectivity index (χ4v) is 6.63. The summed E-state index contributed by atoms with van der Waals surface area (Å²) in [4.78, 5) is 12.0. The zero-order valence-electron chi connectivity index (χ0n) is 20.2. The van der Waals surface area contributed by atoms with Crippen molar-refractivity contribution < 1.29 is 105 Å². The van der Waals surface area contributed by atoms with E-state index in [1.807, 2.05) is 0 Å². The molecule has 1 N–H and O–H groups in total. The monoisotopic (exact) mass is 751 g/mol. The highest BCUT2D eigenvalue weighted by Gasteiger charge is 2.83. The fraction of sp³-hybridized carbons (Fsp3) is 0.929. The normalized spacial score (nSPS) is 18.4. The Hall–Kier alpha value is -1.92. The summed E-state index contributed by atoms with van der Waals surface area (Å²) in [6.45, 7) is -9.46. The minimum absolute atomic E-state index is 0.510. The van der Waals surface area contributed by atoms with E-state index < -0.39 is 124 Å². The van der Waals surface area contributed by atoms with Gasteiger partial charge in [-0.05, 0) is 0 Å². The first kappa shape index (κ1) is 40.1. The van der Waals surface area contributed by atoms with Crippen molar-refractivity contribution in [3.8, 4) is 0 Å². The molecule has 0 aromatic carbocycles. The number of ether oxygens (including phenoxy) is 1. The van der Waals surface area contributed by atoms with E-state index in [9.17, 15) is 100 Å². The molecule has 0 spiro atoms. The Bertz CT molecular complexity index is 1400. The number of esters is 1. The van der Waals surface area contributed by atoms with Gasteiger partial charge in [0.05, 0.1) is 6.54 Å². The van der Waals surface area contributed by atoms with Gasteiger partial charge < -0.3 is 4.74 Å². The standard InChI is InChI=1S/C14H13F16N3O8S3/c15-8(16,9(17,18)11(21,22)23)6-41-7(34)5-32-1-3-33(4-2-32)44(39,40)13(26,27)10(19,20)12(24,25)42(35,36)31-43(37,38)14(28,29)30/h31H,1-6H2. The minimum Gasteiger partial charge on any atom is -0.458 e. The highest BCUT2D eigenvalue weighted by Crippen LogP contribution is 2.52. The molecule has 1 aliphatic rings. The Morgan fingerprint density at radius 1 is 0.636 bits per heavy atom. The lowest BCUT2D eigenvalue weighted by atomic mass is 10.2. The predicted octanol–water partition coefficient (Wildman–Crippen LogP) is 1.90. The van der Waals surface area contributed by atoms with E-state index >= 15 is 0 Å². The first-order chi connectivity index (χ1) is 19.0. The summed E-state index contributed by atoms with van der Waals surface area (Å²) in [5, 5.41) is -14.8. The molecular formula is C14H13F16N3O8S3. The third kappa shape index (κ3) is 7.07. The van der Waals surface area contributed by atoms with Crippen LogP contribution < -0.4 is 4.13 Å². The van der Waals surface area contributed by atoms with E-state index in [0.717, 1.165) is 0 Å². The number of carbonyl (C=O) groups excluding carboxylic acids is 1. The molecule has 0 atom stereocenters. The molecule has 0 radical (unpaired) electrons. The third-order valence-electron chi connectivity index (χ3n) is 5.17. The number of carbonyl (C=O) groups is 1. The van der Waals surface area contributed by atoms with Gasteiger partial charge in [-0.25, -0.2) is 25.3 Å². The zero-order chi connectivity index (χ0) is 35.4. The SMILES string of the molecule is O=C(CN1CCN(S(=O)(=O)C(F)(F)C(F)(F)C(F)(F)S(=O)(=O)NS(=O)(=O)C(F)(F)F)CC1)OCC(F)(F)C(F)(F)C(F)(F)F. The van der Waals surface area contributed by atoms with Crippen LogP contribution in [0.5, 0.6) is 0 Å². The van der Waals surface area contributed by atoms with Crippen LogP contribution in [0, 0.1) is 0 Å². The maximum Gasteiger partial charge on any atom is 0.512 e. The molecule has 0 unspecified atom stereocenters. The van der Waals surface area contributed by atoms with E-state index in [1.165, 1.54) is 0 Å². The van der Waals surface area contributed by atoms with Gasteiger partial charge in [-0.1, -0.05) is 4.13 Å². The number of hydrogen-bond donors (Lipinski definition) is 1. The summed E-state index contributed by atoms with van der Waals surface area (Å²) < 4.78 is 280. The lowest BCUT2D eigenvalue weighted by Gasteiger charge is -2.38. The van der Waals surface area contributed by atoms with Crippen LogP contribution in [0.3, 0.4) is 0 Å². The maximum atomic E-state index is 14.3. The van der Waals surface area contributed by atoms with E-state index in [0.29, 0.717) is 4.90 Å². The smallest absolute Gasteiger partial charge is 0.458 e. The third-order valence-corrected chi connectivity index (χ3v) is 10.4. The molecule has 1 rings (SSSR count). The molecule has 262 valence electrons. The predicted molar refractivity (Wildman–Crippen MR) is 106 cm³/mol. The van der Waals surface area contributed by atoms with Crippen molar-refractivity contribution in [2.24, 2.45) is 0 Å². The number of hydrogen-bond acceptors (Lipinski definition) is 9. The van der Waals surface area contributed by atoms with Gasteiger partial charge in [0.2, 0.25) is 0 Å². The summed E-state index contributed by atoms with van der Waals surface area (Å²) in [5.74, 6) is -22.4. The molecule has 1 aliphatic heterocycles. The van der Waals surface area contributed by atoms with Crippen molar-refractivity contribution in [1.82, 2.24) is 13.3 Å². The van der Waals surface area contributed by atoms with Gasteiger partial charge in [0.1, 0.15) is 0 Å². The largest absolute Gasteiger partial charge is 0.512 e. The molecule has 44 heavy (non-hydrogen) atoms. The minimum atomic E-state index is -8.01. The second-order valence-electron chi connectivity index (χ2n) is 8.26. The van der Waals surface area contributed by atoms with Crippen molar-refractivity contribution in [1.29, 1.82) is 0 Å². The van der Waals surface area contributed by atoms with Crippen LogP contribution in [-0.2, 0) is 39.6 Å². The van der Waals surface area contributed by atoms with Gasteiger partial charge in [-0.2, -0.15) is 74.6 Å². The lowest BCUT2D eigenvalue weighted by Crippen LogP contribution is -2.66. The topological polar surface area (TPSA) is 147 Å². The van der Waals surface area contributed by atoms with Crippen molar-refractivity contribution >= 4 is 36.0 Å². The Kier molecular flexibility index (Phi) is 10.7. The molecule has 0 aromatic heterocycles. The van der Waals surface area contributed by atoms with Crippen LogP contribution in [0.1, 0.15) is 0 Å². The molecule has 0 aromatic rings. The lowest BCUT2D eigenvalue weighted by molar-refractivity contribution is -0.359. The van der Waals surface area contributed by atoms with Crippen LogP contribution in [0.25, 0.3) is 0 Å². The van der Waals surface area contributed by atoms with Gasteiger partial charge >= 0.3 is 56.0 Å². The Labute approximate surface area is 234 Å². The van der Waals surface area contributed by atoms with Crippen molar-refractivity contribution in [2.45, 2.75) is 40.0 Å². The van der Waals surface area contributed by atoms with Crippen LogP contribution in [0.2, 0.25) is 0 Å². The van der Waals surface area contributed by atoms with Gasteiger partial charge in [0, 0.05) is 26.2 Å². The van der Waals surface area contributed by atoms with Crippen LogP contribution >= 0.6 is 0 Å².